The minimum atomic E-state index is -0.848. The topological polar surface area (TPSA) is 64.3 Å². The van der Waals surface area contributed by atoms with Gasteiger partial charge < -0.3 is 15.8 Å². The summed E-state index contributed by atoms with van der Waals surface area (Å²) in [6.45, 7) is 5.34. The van der Waals surface area contributed by atoms with Crippen LogP contribution in [0.5, 0.6) is 0 Å². The van der Waals surface area contributed by atoms with Gasteiger partial charge >= 0.3 is 0 Å². The van der Waals surface area contributed by atoms with E-state index >= 15 is 0 Å². The van der Waals surface area contributed by atoms with E-state index in [0.29, 0.717) is 6.54 Å². The quantitative estimate of drug-likeness (QED) is 0.863. The zero-order valence-corrected chi connectivity index (χ0v) is 14.7. The largest absolute Gasteiger partial charge is 0.377 e. The summed E-state index contributed by atoms with van der Waals surface area (Å²) in [6.07, 6.45) is 2.04. The molecular weight excluding hydrogens is 344 g/mol. The second kappa shape index (κ2) is 5.62. The molecule has 1 aliphatic heterocycles. The lowest BCUT2D eigenvalue weighted by atomic mass is 9.46. The van der Waals surface area contributed by atoms with Crippen LogP contribution >= 0.6 is 15.9 Å². The van der Waals surface area contributed by atoms with Crippen LogP contribution in [0.3, 0.4) is 0 Å². The third-order valence-corrected chi connectivity index (χ3v) is 6.23. The molecular formula is C17H23BrN2O2. The van der Waals surface area contributed by atoms with Gasteiger partial charge in [-0.2, -0.15) is 0 Å². The van der Waals surface area contributed by atoms with Crippen molar-refractivity contribution in [2.24, 2.45) is 17.1 Å². The first-order valence-electron chi connectivity index (χ1n) is 7.81. The Morgan fingerprint density at radius 1 is 1.45 bits per heavy atom. The predicted molar refractivity (Wildman–Crippen MR) is 89.2 cm³/mol. The van der Waals surface area contributed by atoms with Gasteiger partial charge in [-0.3, -0.25) is 4.79 Å². The molecule has 1 amide bonds. The van der Waals surface area contributed by atoms with Crippen molar-refractivity contribution in [3.05, 3.63) is 34.3 Å². The standard InChI is InChI=1S/C17H23BrN2O2/c1-16(2)14-12(7-5-9-22-14)17(16,19)15(21)20-10-11-6-3-4-8-13(11)18/h3-4,6,8,12,14H,5,7,9-10,19H2,1-2H3,(H,20,21). The van der Waals surface area contributed by atoms with E-state index in [0.717, 1.165) is 29.5 Å². The van der Waals surface area contributed by atoms with Crippen molar-refractivity contribution in [3.8, 4) is 0 Å². The molecule has 120 valence electrons. The van der Waals surface area contributed by atoms with Gasteiger partial charge in [0.15, 0.2) is 0 Å². The molecule has 3 atom stereocenters. The monoisotopic (exact) mass is 366 g/mol. The second-order valence-electron chi connectivity index (χ2n) is 6.90. The van der Waals surface area contributed by atoms with Crippen LogP contribution in [0, 0.1) is 11.3 Å². The first-order chi connectivity index (χ1) is 10.4. The zero-order chi connectivity index (χ0) is 16.0. The van der Waals surface area contributed by atoms with Crippen molar-refractivity contribution in [1.82, 2.24) is 5.32 Å². The molecule has 4 nitrogen and oxygen atoms in total. The number of halogens is 1. The average molecular weight is 367 g/mol. The summed E-state index contributed by atoms with van der Waals surface area (Å²) in [7, 11) is 0. The Hall–Kier alpha value is -0.910. The molecule has 0 radical (unpaired) electrons. The van der Waals surface area contributed by atoms with Gasteiger partial charge in [0.25, 0.3) is 0 Å². The molecule has 3 unspecified atom stereocenters. The summed E-state index contributed by atoms with van der Waals surface area (Å²) < 4.78 is 6.85. The van der Waals surface area contributed by atoms with E-state index in [4.69, 9.17) is 10.5 Å². The molecule has 1 heterocycles. The van der Waals surface area contributed by atoms with Crippen molar-refractivity contribution in [1.29, 1.82) is 0 Å². The Bertz CT molecular complexity index is 590. The molecule has 1 saturated carbocycles. The number of nitrogens with two attached hydrogens (primary N) is 1. The van der Waals surface area contributed by atoms with E-state index in [9.17, 15) is 4.79 Å². The Morgan fingerprint density at radius 3 is 2.91 bits per heavy atom. The smallest absolute Gasteiger partial charge is 0.241 e. The minimum Gasteiger partial charge on any atom is -0.377 e. The molecule has 0 bridgehead atoms. The maximum atomic E-state index is 12.8. The lowest BCUT2D eigenvalue weighted by molar-refractivity contribution is -0.225. The van der Waals surface area contributed by atoms with Gasteiger partial charge in [-0.05, 0) is 24.5 Å². The molecule has 2 fully saturated rings. The fourth-order valence-corrected chi connectivity index (χ4v) is 4.43. The molecule has 3 rings (SSSR count). The number of benzene rings is 1. The number of nitrogens with one attached hydrogen (secondary N) is 1. The lowest BCUT2D eigenvalue weighted by Crippen LogP contribution is -2.82. The molecule has 0 aromatic heterocycles. The Kier molecular flexibility index (Phi) is 4.08. The molecule has 1 saturated heterocycles. The summed E-state index contributed by atoms with van der Waals surface area (Å²) in [6, 6.07) is 7.88. The molecule has 3 N–H and O–H groups in total. The normalized spacial score (nSPS) is 32.7. The third-order valence-electron chi connectivity index (χ3n) is 5.46. The van der Waals surface area contributed by atoms with E-state index in [1.165, 1.54) is 0 Å². The first kappa shape index (κ1) is 16.0. The average Bonchev–Trinajstić information content (AvgIpc) is 2.53. The maximum Gasteiger partial charge on any atom is 0.241 e. The molecule has 5 heteroatoms. The van der Waals surface area contributed by atoms with Crippen LogP contribution in [0.2, 0.25) is 0 Å². The Morgan fingerprint density at radius 2 is 2.18 bits per heavy atom. The van der Waals surface area contributed by atoms with Crippen LogP contribution < -0.4 is 11.1 Å². The summed E-state index contributed by atoms with van der Waals surface area (Å²) >= 11 is 3.50. The number of rotatable bonds is 3. The van der Waals surface area contributed by atoms with E-state index in [1.807, 2.05) is 38.1 Å². The summed E-state index contributed by atoms with van der Waals surface area (Å²) in [5.41, 5.74) is 6.44. The highest BCUT2D eigenvalue weighted by Gasteiger charge is 2.70. The number of ether oxygens (including phenoxy) is 1. The zero-order valence-electron chi connectivity index (χ0n) is 13.1. The fraction of sp³-hybridized carbons (Fsp3) is 0.588. The van der Waals surface area contributed by atoms with E-state index in [1.54, 1.807) is 0 Å². The van der Waals surface area contributed by atoms with Crippen LogP contribution in [-0.4, -0.2) is 24.2 Å². The highest BCUT2D eigenvalue weighted by Crippen LogP contribution is 2.57. The lowest BCUT2D eigenvalue weighted by Gasteiger charge is -2.65. The molecule has 2 aliphatic rings. The van der Waals surface area contributed by atoms with E-state index in [2.05, 4.69) is 21.2 Å². The molecule has 1 aromatic carbocycles. The molecule has 1 aliphatic carbocycles. The number of carbonyl (C=O) groups excluding carboxylic acids is 1. The van der Waals surface area contributed by atoms with Crippen LogP contribution in [0.4, 0.5) is 0 Å². The van der Waals surface area contributed by atoms with E-state index < -0.39 is 5.54 Å². The number of fused-ring (bicyclic) bond motifs is 1. The number of amides is 1. The Labute approximate surface area is 139 Å². The molecule has 0 spiro atoms. The van der Waals surface area contributed by atoms with Gasteiger partial charge in [-0.25, -0.2) is 0 Å². The molecule has 22 heavy (non-hydrogen) atoms. The number of carbonyl (C=O) groups is 1. The summed E-state index contributed by atoms with van der Waals surface area (Å²) in [5, 5.41) is 3.02. The SMILES string of the molecule is CC1(C)C2OCCCC2C1(N)C(=O)NCc1ccccc1Br. The number of hydrogen-bond acceptors (Lipinski definition) is 3. The predicted octanol–water partition coefficient (Wildman–Crippen LogP) is 2.60. The van der Waals surface area contributed by atoms with Crippen molar-refractivity contribution in [3.63, 3.8) is 0 Å². The van der Waals surface area contributed by atoms with Crippen LogP contribution in [0.1, 0.15) is 32.3 Å². The molecule has 1 aromatic rings. The van der Waals surface area contributed by atoms with Crippen molar-refractivity contribution >= 4 is 21.8 Å². The first-order valence-corrected chi connectivity index (χ1v) is 8.60. The van der Waals surface area contributed by atoms with Gasteiger partial charge in [0, 0.05) is 29.0 Å². The van der Waals surface area contributed by atoms with Crippen LogP contribution in [-0.2, 0) is 16.1 Å². The van der Waals surface area contributed by atoms with Gasteiger partial charge in [-0.1, -0.05) is 48.0 Å². The highest BCUT2D eigenvalue weighted by atomic mass is 79.9. The van der Waals surface area contributed by atoms with Gasteiger partial charge in [0.2, 0.25) is 5.91 Å². The maximum absolute atomic E-state index is 12.8. The van der Waals surface area contributed by atoms with Crippen LogP contribution in [0.15, 0.2) is 28.7 Å². The van der Waals surface area contributed by atoms with Crippen LogP contribution in [0.25, 0.3) is 0 Å². The van der Waals surface area contributed by atoms with Crippen molar-refractivity contribution < 1.29 is 9.53 Å². The van der Waals surface area contributed by atoms with Gasteiger partial charge in [0.05, 0.1) is 6.10 Å². The van der Waals surface area contributed by atoms with Crippen molar-refractivity contribution in [2.45, 2.75) is 44.9 Å². The van der Waals surface area contributed by atoms with E-state index in [-0.39, 0.29) is 23.3 Å². The van der Waals surface area contributed by atoms with Gasteiger partial charge in [0.1, 0.15) is 5.54 Å². The number of hydrogen-bond donors (Lipinski definition) is 2. The summed E-state index contributed by atoms with van der Waals surface area (Å²) in [5.74, 6) is 0.0514. The summed E-state index contributed by atoms with van der Waals surface area (Å²) in [4.78, 5) is 12.8. The van der Waals surface area contributed by atoms with Crippen molar-refractivity contribution in [2.75, 3.05) is 6.61 Å². The van der Waals surface area contributed by atoms with Gasteiger partial charge in [-0.15, -0.1) is 0 Å². The Balaban J connectivity index is 1.73. The second-order valence-corrected chi connectivity index (χ2v) is 7.76. The fourth-order valence-electron chi connectivity index (χ4n) is 4.00. The third kappa shape index (κ3) is 2.22. The highest BCUT2D eigenvalue weighted by molar-refractivity contribution is 9.10. The minimum absolute atomic E-state index is 0.0694.